The lowest BCUT2D eigenvalue weighted by Crippen LogP contribution is -2.35. The molecule has 1 aromatic carbocycles. The van der Waals surface area contributed by atoms with Crippen molar-refractivity contribution < 1.29 is 27.5 Å². The number of carbonyl (C=O) groups is 2. The number of allylic oxidation sites excluding steroid dienone is 1. The van der Waals surface area contributed by atoms with E-state index in [2.05, 4.69) is 5.32 Å². The van der Waals surface area contributed by atoms with Gasteiger partial charge < -0.3 is 10.1 Å². The Labute approximate surface area is 137 Å². The minimum Gasteiger partial charge on any atom is -0.460 e. The van der Waals surface area contributed by atoms with Crippen LogP contribution in [-0.4, -0.2) is 18.0 Å². The van der Waals surface area contributed by atoms with Gasteiger partial charge in [-0.3, -0.25) is 4.79 Å². The fourth-order valence-corrected chi connectivity index (χ4v) is 2.77. The van der Waals surface area contributed by atoms with E-state index in [9.17, 15) is 22.8 Å². The highest BCUT2D eigenvalue weighted by Crippen LogP contribution is 2.41. The van der Waals surface area contributed by atoms with Crippen molar-refractivity contribution in [2.24, 2.45) is 0 Å². The average molecular weight is 341 g/mol. The molecule has 1 aromatic rings. The van der Waals surface area contributed by atoms with Gasteiger partial charge >= 0.3 is 12.1 Å². The second-order valence-corrected chi connectivity index (χ2v) is 5.88. The lowest BCUT2D eigenvalue weighted by molar-refractivity contribution is -0.144. The summed E-state index contributed by atoms with van der Waals surface area (Å²) in [6, 6.07) is 4.97. The van der Waals surface area contributed by atoms with Gasteiger partial charge in [0, 0.05) is 18.0 Å². The van der Waals surface area contributed by atoms with Crippen LogP contribution >= 0.6 is 0 Å². The maximum Gasteiger partial charge on any atom is 0.416 e. The molecule has 1 atom stereocenters. The van der Waals surface area contributed by atoms with E-state index in [0.717, 1.165) is 6.07 Å². The monoisotopic (exact) mass is 341 g/mol. The molecule has 2 rings (SSSR count). The molecule has 0 spiro atoms. The Morgan fingerprint density at radius 3 is 2.50 bits per heavy atom. The van der Waals surface area contributed by atoms with Crippen molar-refractivity contribution in [2.75, 3.05) is 0 Å². The van der Waals surface area contributed by atoms with Crippen LogP contribution in [0.5, 0.6) is 0 Å². The van der Waals surface area contributed by atoms with Gasteiger partial charge in [0.2, 0.25) is 5.91 Å². The maximum absolute atomic E-state index is 13.3. The van der Waals surface area contributed by atoms with E-state index in [1.54, 1.807) is 13.8 Å². The second kappa shape index (κ2) is 6.67. The van der Waals surface area contributed by atoms with Crippen LogP contribution in [0.25, 0.3) is 0 Å². The van der Waals surface area contributed by atoms with E-state index in [1.165, 1.54) is 25.1 Å². The van der Waals surface area contributed by atoms with Gasteiger partial charge in [0.25, 0.3) is 0 Å². The summed E-state index contributed by atoms with van der Waals surface area (Å²) in [6.45, 7) is 4.78. The van der Waals surface area contributed by atoms with E-state index >= 15 is 0 Å². The van der Waals surface area contributed by atoms with Gasteiger partial charge in [0.05, 0.1) is 17.2 Å². The number of esters is 1. The molecule has 130 valence electrons. The third-order valence-electron chi connectivity index (χ3n) is 3.67. The topological polar surface area (TPSA) is 55.4 Å². The number of hydrogen-bond acceptors (Lipinski definition) is 3. The third-order valence-corrected chi connectivity index (χ3v) is 3.67. The zero-order valence-corrected chi connectivity index (χ0v) is 13.5. The molecule has 1 N–H and O–H groups in total. The number of benzene rings is 1. The van der Waals surface area contributed by atoms with Crippen molar-refractivity contribution in [2.45, 2.75) is 45.4 Å². The predicted octanol–water partition coefficient (Wildman–Crippen LogP) is 3.53. The first-order valence-corrected chi connectivity index (χ1v) is 7.49. The molecule has 0 saturated carbocycles. The van der Waals surface area contributed by atoms with E-state index in [4.69, 9.17) is 4.74 Å². The number of rotatable bonds is 3. The standard InChI is InChI=1S/C17H18F3NO3/c1-9(2)24-16(23)15-10(3)21-14(22)8-12(15)11-6-4-5-7-13(11)17(18,19)20/h4-7,9,12H,8H2,1-3H3,(H,21,22). The molecule has 4 nitrogen and oxygen atoms in total. The highest BCUT2D eigenvalue weighted by atomic mass is 19.4. The van der Waals surface area contributed by atoms with Gasteiger partial charge in [0.15, 0.2) is 0 Å². The smallest absolute Gasteiger partial charge is 0.416 e. The van der Waals surface area contributed by atoms with Gasteiger partial charge in [-0.15, -0.1) is 0 Å². The maximum atomic E-state index is 13.3. The van der Waals surface area contributed by atoms with Crippen molar-refractivity contribution in [1.82, 2.24) is 5.32 Å². The Morgan fingerprint density at radius 1 is 1.29 bits per heavy atom. The largest absolute Gasteiger partial charge is 0.460 e. The first-order chi connectivity index (χ1) is 11.1. The van der Waals surface area contributed by atoms with Gasteiger partial charge in [-0.2, -0.15) is 13.2 Å². The number of carbonyl (C=O) groups excluding carboxylic acids is 2. The molecule has 1 aliphatic heterocycles. The Kier molecular flexibility index (Phi) is 5.01. The minimum absolute atomic E-state index is 0.0556. The van der Waals surface area contributed by atoms with Crippen LogP contribution in [-0.2, 0) is 20.5 Å². The van der Waals surface area contributed by atoms with Gasteiger partial charge in [-0.1, -0.05) is 18.2 Å². The van der Waals surface area contributed by atoms with Crippen molar-refractivity contribution in [3.8, 4) is 0 Å². The van der Waals surface area contributed by atoms with Crippen molar-refractivity contribution >= 4 is 11.9 Å². The van der Waals surface area contributed by atoms with E-state index in [1.807, 2.05) is 0 Å². The fourth-order valence-electron chi connectivity index (χ4n) is 2.77. The normalized spacial score (nSPS) is 18.6. The van der Waals surface area contributed by atoms with Crippen LogP contribution in [0.2, 0.25) is 0 Å². The summed E-state index contributed by atoms with van der Waals surface area (Å²) in [6.07, 6.45) is -5.24. The van der Waals surface area contributed by atoms with E-state index < -0.39 is 35.6 Å². The van der Waals surface area contributed by atoms with Crippen LogP contribution in [0, 0.1) is 0 Å². The first-order valence-electron chi connectivity index (χ1n) is 7.49. The number of hydrogen-bond donors (Lipinski definition) is 1. The summed E-state index contributed by atoms with van der Waals surface area (Å²) < 4.78 is 45.1. The molecule has 0 saturated heterocycles. The number of ether oxygens (including phenoxy) is 1. The summed E-state index contributed by atoms with van der Waals surface area (Å²) in [5, 5.41) is 2.50. The van der Waals surface area contributed by atoms with Crippen molar-refractivity contribution in [1.29, 1.82) is 0 Å². The van der Waals surface area contributed by atoms with Gasteiger partial charge in [0.1, 0.15) is 0 Å². The summed E-state index contributed by atoms with van der Waals surface area (Å²) in [7, 11) is 0. The van der Waals surface area contributed by atoms with Crippen molar-refractivity contribution in [3.63, 3.8) is 0 Å². The Balaban J connectivity index is 2.56. The molecule has 24 heavy (non-hydrogen) atoms. The van der Waals surface area contributed by atoms with E-state index in [0.29, 0.717) is 0 Å². The molecular formula is C17H18F3NO3. The number of nitrogens with one attached hydrogen (secondary N) is 1. The molecular weight excluding hydrogens is 323 g/mol. The van der Waals surface area contributed by atoms with Crippen LogP contribution in [0.1, 0.15) is 44.2 Å². The molecule has 1 unspecified atom stereocenters. The molecule has 0 radical (unpaired) electrons. The van der Waals surface area contributed by atoms with Gasteiger partial charge in [-0.25, -0.2) is 4.79 Å². The van der Waals surface area contributed by atoms with Crippen LogP contribution in [0.15, 0.2) is 35.5 Å². The Morgan fingerprint density at radius 2 is 1.92 bits per heavy atom. The van der Waals surface area contributed by atoms with E-state index in [-0.39, 0.29) is 23.3 Å². The molecule has 7 heteroatoms. The molecule has 0 fully saturated rings. The highest BCUT2D eigenvalue weighted by Gasteiger charge is 2.40. The van der Waals surface area contributed by atoms with Crippen LogP contribution < -0.4 is 5.32 Å². The SMILES string of the molecule is CC1=C(C(=O)OC(C)C)C(c2ccccc2C(F)(F)F)CC(=O)N1. The molecule has 0 aromatic heterocycles. The number of alkyl halides is 3. The molecule has 0 aliphatic carbocycles. The van der Waals surface area contributed by atoms with Crippen LogP contribution in [0.4, 0.5) is 13.2 Å². The Hall–Kier alpha value is -2.31. The first kappa shape index (κ1) is 18.0. The summed E-state index contributed by atoms with van der Waals surface area (Å²) >= 11 is 0. The number of halogens is 3. The lowest BCUT2D eigenvalue weighted by Gasteiger charge is -2.28. The number of amides is 1. The van der Waals surface area contributed by atoms with Crippen molar-refractivity contribution in [3.05, 3.63) is 46.7 Å². The fraction of sp³-hybridized carbons (Fsp3) is 0.412. The van der Waals surface area contributed by atoms with Crippen LogP contribution in [0.3, 0.4) is 0 Å². The zero-order valence-electron chi connectivity index (χ0n) is 13.5. The molecule has 0 bridgehead atoms. The second-order valence-electron chi connectivity index (χ2n) is 5.88. The zero-order chi connectivity index (χ0) is 18.1. The molecule has 1 heterocycles. The summed E-state index contributed by atoms with van der Waals surface area (Å²) in [5.74, 6) is -2.15. The lowest BCUT2D eigenvalue weighted by atomic mass is 9.82. The predicted molar refractivity (Wildman–Crippen MR) is 80.9 cm³/mol. The van der Waals surface area contributed by atoms with Gasteiger partial charge in [-0.05, 0) is 32.4 Å². The molecule has 1 aliphatic rings. The Bertz CT molecular complexity index is 693. The summed E-state index contributed by atoms with van der Waals surface area (Å²) in [4.78, 5) is 24.2. The minimum atomic E-state index is -4.58. The highest BCUT2D eigenvalue weighted by molar-refractivity contribution is 5.96. The third kappa shape index (κ3) is 3.77. The molecule has 1 amide bonds. The summed E-state index contributed by atoms with van der Waals surface area (Å²) in [5.41, 5.74) is -0.680. The quantitative estimate of drug-likeness (QED) is 0.856. The average Bonchev–Trinajstić information content (AvgIpc) is 2.44.